The van der Waals surface area contributed by atoms with Gasteiger partial charge < -0.3 is 0 Å². The molecule has 7 aromatic carbocycles. The first-order valence-corrected chi connectivity index (χ1v) is 16.8. The zero-order chi connectivity index (χ0) is 33.0. The monoisotopic (exact) mass is 627 g/mol. The van der Waals surface area contributed by atoms with Crippen LogP contribution in [0, 0.1) is 0 Å². The summed E-state index contributed by atoms with van der Waals surface area (Å²) in [5.41, 5.74) is 12.9. The van der Waals surface area contributed by atoms with Gasteiger partial charge in [0.25, 0.3) is 0 Å². The van der Waals surface area contributed by atoms with Crippen LogP contribution in [0.15, 0.2) is 164 Å². The topological polar surface area (TPSA) is 38.7 Å². The Balaban J connectivity index is 1.11. The summed E-state index contributed by atoms with van der Waals surface area (Å²) in [6.45, 7) is 4.71. The minimum Gasteiger partial charge on any atom is -0.208 e. The Bertz CT molecular complexity index is 2460. The molecule has 1 aliphatic rings. The van der Waals surface area contributed by atoms with Gasteiger partial charge in [0.15, 0.2) is 17.5 Å². The van der Waals surface area contributed by atoms with Crippen molar-refractivity contribution < 1.29 is 0 Å². The molecule has 0 radical (unpaired) electrons. The molecule has 49 heavy (non-hydrogen) atoms. The van der Waals surface area contributed by atoms with Crippen LogP contribution in [0.2, 0.25) is 0 Å². The molecule has 9 rings (SSSR count). The SMILES string of the molecule is CC1(C)c2ccc(-c3cccc(-c4cccc(-c5nc(-c6ccccc6)nc(-c6ccccc6)n5)c4)c3)cc2-c2ccc3ccccc3c21. The van der Waals surface area contributed by atoms with Gasteiger partial charge >= 0.3 is 0 Å². The van der Waals surface area contributed by atoms with Crippen molar-refractivity contribution in [1.29, 1.82) is 0 Å². The number of rotatable bonds is 5. The van der Waals surface area contributed by atoms with Crippen molar-refractivity contribution in [1.82, 2.24) is 15.0 Å². The molecular weight excluding hydrogens is 595 g/mol. The van der Waals surface area contributed by atoms with Crippen molar-refractivity contribution in [3.8, 4) is 67.5 Å². The van der Waals surface area contributed by atoms with E-state index in [2.05, 4.69) is 117 Å². The predicted molar refractivity (Wildman–Crippen MR) is 202 cm³/mol. The maximum absolute atomic E-state index is 4.96. The molecule has 0 saturated heterocycles. The molecule has 232 valence electrons. The van der Waals surface area contributed by atoms with Gasteiger partial charge in [0.05, 0.1) is 0 Å². The van der Waals surface area contributed by atoms with Gasteiger partial charge in [-0.15, -0.1) is 0 Å². The van der Waals surface area contributed by atoms with Crippen LogP contribution in [-0.2, 0) is 5.41 Å². The van der Waals surface area contributed by atoms with Crippen LogP contribution in [-0.4, -0.2) is 15.0 Å². The summed E-state index contributed by atoms with van der Waals surface area (Å²) in [5.74, 6) is 1.97. The second kappa shape index (κ2) is 11.5. The van der Waals surface area contributed by atoms with Crippen LogP contribution in [0.25, 0.3) is 78.3 Å². The van der Waals surface area contributed by atoms with Gasteiger partial charge in [-0.25, -0.2) is 15.0 Å². The van der Waals surface area contributed by atoms with E-state index in [1.165, 1.54) is 44.2 Å². The van der Waals surface area contributed by atoms with Crippen LogP contribution >= 0.6 is 0 Å². The smallest absolute Gasteiger partial charge is 0.164 e. The lowest BCUT2D eigenvalue weighted by atomic mass is 9.80. The molecule has 0 bridgehead atoms. The predicted octanol–water partition coefficient (Wildman–Crippen LogP) is 11.7. The minimum absolute atomic E-state index is 0.0673. The zero-order valence-corrected chi connectivity index (χ0v) is 27.4. The molecule has 0 aliphatic heterocycles. The van der Waals surface area contributed by atoms with E-state index in [9.17, 15) is 0 Å². The van der Waals surface area contributed by atoms with Crippen molar-refractivity contribution in [2.45, 2.75) is 19.3 Å². The Kier molecular flexibility index (Phi) is 6.80. The highest BCUT2D eigenvalue weighted by Crippen LogP contribution is 2.52. The third-order valence-corrected chi connectivity index (χ3v) is 9.89. The first kappa shape index (κ1) is 29.0. The molecule has 3 nitrogen and oxygen atoms in total. The number of hydrogen-bond acceptors (Lipinski definition) is 3. The molecule has 8 aromatic rings. The fourth-order valence-electron chi connectivity index (χ4n) is 7.45. The molecule has 0 unspecified atom stereocenters. The Morgan fingerprint density at radius 2 is 0.857 bits per heavy atom. The highest BCUT2D eigenvalue weighted by atomic mass is 15.0. The molecule has 3 heteroatoms. The van der Waals surface area contributed by atoms with Gasteiger partial charge in [-0.3, -0.25) is 0 Å². The lowest BCUT2D eigenvalue weighted by Gasteiger charge is -2.23. The molecule has 1 aliphatic carbocycles. The summed E-state index contributed by atoms with van der Waals surface area (Å²) in [5, 5.41) is 2.64. The summed E-state index contributed by atoms with van der Waals surface area (Å²) in [6, 6.07) is 57.9. The van der Waals surface area contributed by atoms with E-state index in [0.717, 1.165) is 27.8 Å². The highest BCUT2D eigenvalue weighted by Gasteiger charge is 2.36. The van der Waals surface area contributed by atoms with Crippen LogP contribution < -0.4 is 0 Å². The minimum atomic E-state index is -0.0673. The maximum atomic E-state index is 4.96. The third-order valence-electron chi connectivity index (χ3n) is 9.89. The van der Waals surface area contributed by atoms with Gasteiger partial charge in [0.2, 0.25) is 0 Å². The molecule has 1 heterocycles. The average Bonchev–Trinajstić information content (AvgIpc) is 3.41. The summed E-state index contributed by atoms with van der Waals surface area (Å²) >= 11 is 0. The third kappa shape index (κ3) is 5.03. The standard InChI is InChI=1S/C46H33N3/c1-46(2)41-26-24-36(29-40(41)39-25-23-30-13-9-10-22-38(30)42(39)46)34-19-11-18-33(27-34)35-20-12-21-37(28-35)45-48-43(31-14-5-3-6-15-31)47-44(49-45)32-16-7-4-8-17-32/h3-29H,1-2H3. The quantitative estimate of drug-likeness (QED) is 0.191. The molecule has 0 fully saturated rings. The molecule has 0 N–H and O–H groups in total. The molecule has 0 amide bonds. The lowest BCUT2D eigenvalue weighted by Crippen LogP contribution is -2.15. The van der Waals surface area contributed by atoms with Crippen molar-refractivity contribution >= 4 is 10.8 Å². The Hall–Kier alpha value is -6.19. The summed E-state index contributed by atoms with van der Waals surface area (Å²) in [6.07, 6.45) is 0. The van der Waals surface area contributed by atoms with E-state index in [4.69, 9.17) is 15.0 Å². The van der Waals surface area contributed by atoms with E-state index >= 15 is 0 Å². The van der Waals surface area contributed by atoms with Crippen LogP contribution in [0.5, 0.6) is 0 Å². The highest BCUT2D eigenvalue weighted by molar-refractivity contribution is 5.98. The van der Waals surface area contributed by atoms with Gasteiger partial charge in [-0.1, -0.05) is 159 Å². The average molecular weight is 628 g/mol. The Morgan fingerprint density at radius 3 is 1.49 bits per heavy atom. The fraction of sp³-hybridized carbons (Fsp3) is 0.0652. The van der Waals surface area contributed by atoms with Crippen molar-refractivity contribution in [3.63, 3.8) is 0 Å². The van der Waals surface area contributed by atoms with E-state index in [1.807, 2.05) is 60.7 Å². The van der Waals surface area contributed by atoms with Crippen molar-refractivity contribution in [2.24, 2.45) is 0 Å². The van der Waals surface area contributed by atoms with Crippen LogP contribution in [0.3, 0.4) is 0 Å². The van der Waals surface area contributed by atoms with Gasteiger partial charge in [-0.2, -0.15) is 0 Å². The van der Waals surface area contributed by atoms with Crippen LogP contribution in [0.4, 0.5) is 0 Å². The number of aromatic nitrogens is 3. The number of benzene rings is 7. The van der Waals surface area contributed by atoms with Crippen LogP contribution in [0.1, 0.15) is 25.0 Å². The molecular formula is C46H33N3. The normalized spacial score (nSPS) is 12.9. The second-order valence-corrected chi connectivity index (χ2v) is 13.3. The van der Waals surface area contributed by atoms with Gasteiger partial charge in [0.1, 0.15) is 0 Å². The maximum Gasteiger partial charge on any atom is 0.164 e. The summed E-state index contributed by atoms with van der Waals surface area (Å²) < 4.78 is 0. The molecule has 1 aromatic heterocycles. The summed E-state index contributed by atoms with van der Waals surface area (Å²) in [7, 11) is 0. The molecule has 0 atom stereocenters. The zero-order valence-electron chi connectivity index (χ0n) is 27.4. The first-order valence-electron chi connectivity index (χ1n) is 16.8. The van der Waals surface area contributed by atoms with E-state index in [-0.39, 0.29) is 5.41 Å². The lowest BCUT2D eigenvalue weighted by molar-refractivity contribution is 0.666. The van der Waals surface area contributed by atoms with Crippen molar-refractivity contribution in [3.05, 3.63) is 175 Å². The first-order chi connectivity index (χ1) is 24.0. The Labute approximate surface area is 286 Å². The number of hydrogen-bond donors (Lipinski definition) is 0. The Morgan fingerprint density at radius 1 is 0.367 bits per heavy atom. The van der Waals surface area contributed by atoms with Crippen molar-refractivity contribution in [2.75, 3.05) is 0 Å². The number of nitrogens with zero attached hydrogens (tertiary/aromatic N) is 3. The van der Waals surface area contributed by atoms with Gasteiger partial charge in [-0.05, 0) is 73.5 Å². The van der Waals surface area contributed by atoms with Gasteiger partial charge in [0, 0.05) is 22.1 Å². The fourth-order valence-corrected chi connectivity index (χ4v) is 7.45. The molecule has 0 spiro atoms. The van der Waals surface area contributed by atoms with E-state index in [1.54, 1.807) is 0 Å². The van der Waals surface area contributed by atoms with E-state index < -0.39 is 0 Å². The summed E-state index contributed by atoms with van der Waals surface area (Å²) in [4.78, 5) is 14.8. The number of fused-ring (bicyclic) bond motifs is 5. The molecule has 0 saturated carbocycles. The van der Waals surface area contributed by atoms with E-state index in [0.29, 0.717) is 17.5 Å². The largest absolute Gasteiger partial charge is 0.208 e. The second-order valence-electron chi connectivity index (χ2n) is 13.3.